The highest BCUT2D eigenvalue weighted by atomic mass is 32.2. The van der Waals surface area contributed by atoms with Crippen LogP contribution in [-0.2, 0) is 22.4 Å². The van der Waals surface area contributed by atoms with Crippen molar-refractivity contribution in [3.63, 3.8) is 0 Å². The van der Waals surface area contributed by atoms with Crippen LogP contribution in [0.4, 0.5) is 0 Å². The Labute approximate surface area is 131 Å². The van der Waals surface area contributed by atoms with Crippen LogP contribution in [0, 0.1) is 0 Å². The Balaban J connectivity index is 1.95. The molecule has 0 radical (unpaired) electrons. The molecule has 1 aromatic carbocycles. The largest absolute Gasteiger partial charge is 0.465 e. The summed E-state index contributed by atoms with van der Waals surface area (Å²) in [6.45, 7) is 6.37. The highest BCUT2D eigenvalue weighted by Crippen LogP contribution is 2.28. The Morgan fingerprint density at radius 3 is 2.81 bits per heavy atom. The van der Waals surface area contributed by atoms with Crippen LogP contribution in [0.5, 0.6) is 0 Å². The predicted molar refractivity (Wildman–Crippen MR) is 87.9 cm³/mol. The molecule has 0 spiro atoms. The molecule has 1 atom stereocenters. The van der Waals surface area contributed by atoms with E-state index in [0.717, 1.165) is 0 Å². The molecule has 2 rings (SSSR count). The number of esters is 1. The Kier molecular flexibility index (Phi) is 6.12. The Hall–Kier alpha value is -1.00. The summed E-state index contributed by atoms with van der Waals surface area (Å²) >= 11 is 1.73. The molecule has 0 aliphatic heterocycles. The van der Waals surface area contributed by atoms with Gasteiger partial charge in [-0.25, -0.2) is 0 Å². The third kappa shape index (κ3) is 4.75. The molecule has 1 N–H and O–H groups in total. The minimum Gasteiger partial charge on any atom is -0.465 e. The molecule has 1 aliphatic carbocycles. The first-order valence-corrected chi connectivity index (χ1v) is 8.76. The predicted octanol–water partition coefficient (Wildman–Crippen LogP) is 3.20. The summed E-state index contributed by atoms with van der Waals surface area (Å²) in [4.78, 5) is 13.2. The van der Waals surface area contributed by atoms with E-state index < -0.39 is 0 Å². The number of rotatable bonds is 7. The van der Waals surface area contributed by atoms with Crippen LogP contribution in [-0.4, -0.2) is 30.4 Å². The van der Waals surface area contributed by atoms with E-state index in [1.165, 1.54) is 35.3 Å². The van der Waals surface area contributed by atoms with Crippen LogP contribution >= 0.6 is 11.8 Å². The number of ether oxygens (including phenoxy) is 1. The average Bonchev–Trinajstić information content (AvgIpc) is 2.90. The molecule has 116 valence electrons. The van der Waals surface area contributed by atoms with Crippen molar-refractivity contribution in [2.45, 2.75) is 57.0 Å². The summed E-state index contributed by atoms with van der Waals surface area (Å²) in [7, 11) is 0. The highest BCUT2D eigenvalue weighted by molar-refractivity contribution is 7.99. The fourth-order valence-corrected chi connectivity index (χ4v) is 3.63. The van der Waals surface area contributed by atoms with Gasteiger partial charge in [-0.2, -0.15) is 0 Å². The molecule has 0 bridgehead atoms. The Bertz CT molecular complexity index is 488. The summed E-state index contributed by atoms with van der Waals surface area (Å²) < 4.78 is 5.15. The standard InChI is InChI=1S/C17H25NO2S/c1-4-20-17(19)16(18-12(2)3)11-21-15-9-8-13-6-5-7-14(13)10-15/h8-10,12,16,18H,4-7,11H2,1-3H3. The van der Waals surface area contributed by atoms with E-state index in [4.69, 9.17) is 4.74 Å². The molecule has 0 saturated carbocycles. The quantitative estimate of drug-likeness (QED) is 0.620. The van der Waals surface area contributed by atoms with Crippen molar-refractivity contribution in [3.05, 3.63) is 29.3 Å². The minimum atomic E-state index is -0.247. The number of carbonyl (C=O) groups excluding carboxylic acids is 1. The van der Waals surface area contributed by atoms with Crippen LogP contribution in [0.15, 0.2) is 23.1 Å². The van der Waals surface area contributed by atoms with Crippen molar-refractivity contribution in [1.82, 2.24) is 5.32 Å². The molecule has 4 heteroatoms. The number of thioether (sulfide) groups is 1. The summed E-state index contributed by atoms with van der Waals surface area (Å²) in [5, 5.41) is 3.29. The highest BCUT2D eigenvalue weighted by Gasteiger charge is 2.21. The normalized spacial score (nSPS) is 15.0. The molecule has 1 aromatic rings. The zero-order valence-corrected chi connectivity index (χ0v) is 14.0. The maximum absolute atomic E-state index is 12.0. The number of hydrogen-bond donors (Lipinski definition) is 1. The fraction of sp³-hybridized carbons (Fsp3) is 0.588. The maximum atomic E-state index is 12.0. The van der Waals surface area contributed by atoms with E-state index in [-0.39, 0.29) is 18.1 Å². The molecular formula is C17H25NO2S. The smallest absolute Gasteiger partial charge is 0.324 e. The average molecular weight is 307 g/mol. The van der Waals surface area contributed by atoms with E-state index in [9.17, 15) is 4.79 Å². The first-order chi connectivity index (χ1) is 10.1. The fourth-order valence-electron chi connectivity index (χ4n) is 2.65. The molecule has 21 heavy (non-hydrogen) atoms. The van der Waals surface area contributed by atoms with Gasteiger partial charge in [-0.3, -0.25) is 4.79 Å². The molecule has 0 amide bonds. The van der Waals surface area contributed by atoms with Gasteiger partial charge in [0.05, 0.1) is 6.61 Å². The van der Waals surface area contributed by atoms with Gasteiger partial charge < -0.3 is 10.1 Å². The number of benzene rings is 1. The topological polar surface area (TPSA) is 38.3 Å². The zero-order chi connectivity index (χ0) is 15.2. The van der Waals surface area contributed by atoms with Gasteiger partial charge in [0.1, 0.15) is 6.04 Å². The van der Waals surface area contributed by atoms with Crippen molar-refractivity contribution in [1.29, 1.82) is 0 Å². The lowest BCUT2D eigenvalue weighted by Gasteiger charge is -2.19. The van der Waals surface area contributed by atoms with E-state index in [0.29, 0.717) is 12.4 Å². The molecule has 0 heterocycles. The molecule has 0 fully saturated rings. The van der Waals surface area contributed by atoms with Crippen molar-refractivity contribution in [2.75, 3.05) is 12.4 Å². The van der Waals surface area contributed by atoms with Crippen molar-refractivity contribution >= 4 is 17.7 Å². The van der Waals surface area contributed by atoms with Crippen LogP contribution in [0.2, 0.25) is 0 Å². The van der Waals surface area contributed by atoms with Gasteiger partial charge in [-0.1, -0.05) is 19.9 Å². The first-order valence-electron chi connectivity index (χ1n) is 7.77. The second-order valence-corrected chi connectivity index (χ2v) is 6.81. The van der Waals surface area contributed by atoms with Crippen LogP contribution < -0.4 is 5.32 Å². The second-order valence-electron chi connectivity index (χ2n) is 5.72. The molecule has 0 aromatic heterocycles. The summed E-state index contributed by atoms with van der Waals surface area (Å²) in [6, 6.07) is 6.71. The van der Waals surface area contributed by atoms with E-state index in [2.05, 4.69) is 23.5 Å². The van der Waals surface area contributed by atoms with E-state index in [1.807, 2.05) is 20.8 Å². The zero-order valence-electron chi connectivity index (χ0n) is 13.1. The van der Waals surface area contributed by atoms with E-state index >= 15 is 0 Å². The van der Waals surface area contributed by atoms with Crippen molar-refractivity contribution in [2.24, 2.45) is 0 Å². The third-order valence-electron chi connectivity index (χ3n) is 3.59. The molecule has 3 nitrogen and oxygen atoms in total. The van der Waals surface area contributed by atoms with Gasteiger partial charge >= 0.3 is 5.97 Å². The Morgan fingerprint density at radius 2 is 2.10 bits per heavy atom. The number of nitrogens with one attached hydrogen (secondary N) is 1. The molecular weight excluding hydrogens is 282 g/mol. The number of carbonyl (C=O) groups is 1. The Morgan fingerprint density at radius 1 is 1.33 bits per heavy atom. The summed E-state index contributed by atoms with van der Waals surface area (Å²) in [6.07, 6.45) is 3.67. The van der Waals surface area contributed by atoms with Crippen LogP contribution in [0.3, 0.4) is 0 Å². The summed E-state index contributed by atoms with van der Waals surface area (Å²) in [5.41, 5.74) is 2.96. The molecule has 1 unspecified atom stereocenters. The third-order valence-corrected chi connectivity index (χ3v) is 4.68. The number of aryl methyl sites for hydroxylation is 2. The SMILES string of the molecule is CCOC(=O)C(CSc1ccc2c(c1)CCC2)NC(C)C. The summed E-state index contributed by atoms with van der Waals surface area (Å²) in [5.74, 6) is 0.551. The van der Waals surface area contributed by atoms with Crippen molar-refractivity contribution < 1.29 is 9.53 Å². The lowest BCUT2D eigenvalue weighted by Crippen LogP contribution is -2.43. The minimum absolute atomic E-state index is 0.153. The monoisotopic (exact) mass is 307 g/mol. The maximum Gasteiger partial charge on any atom is 0.324 e. The van der Waals surface area contributed by atoms with Gasteiger partial charge in [0, 0.05) is 16.7 Å². The molecule has 1 aliphatic rings. The first kappa shape index (κ1) is 16.4. The van der Waals surface area contributed by atoms with Gasteiger partial charge in [-0.05, 0) is 49.4 Å². The van der Waals surface area contributed by atoms with Gasteiger partial charge in [0.25, 0.3) is 0 Å². The van der Waals surface area contributed by atoms with Crippen LogP contribution in [0.1, 0.15) is 38.3 Å². The lowest BCUT2D eigenvalue weighted by atomic mass is 10.1. The van der Waals surface area contributed by atoms with Gasteiger partial charge in [0.2, 0.25) is 0 Å². The van der Waals surface area contributed by atoms with E-state index in [1.54, 1.807) is 11.8 Å². The van der Waals surface area contributed by atoms with Gasteiger partial charge in [-0.15, -0.1) is 11.8 Å². The van der Waals surface area contributed by atoms with Crippen molar-refractivity contribution in [3.8, 4) is 0 Å². The van der Waals surface area contributed by atoms with Crippen LogP contribution in [0.25, 0.3) is 0 Å². The second kappa shape index (κ2) is 7.85. The number of hydrogen-bond acceptors (Lipinski definition) is 4. The van der Waals surface area contributed by atoms with Gasteiger partial charge in [0.15, 0.2) is 0 Å². The lowest BCUT2D eigenvalue weighted by molar-refractivity contribution is -0.145. The number of fused-ring (bicyclic) bond motifs is 1. The molecule has 0 saturated heterocycles.